The van der Waals surface area contributed by atoms with Crippen molar-refractivity contribution in [2.24, 2.45) is 0 Å². The van der Waals surface area contributed by atoms with Gasteiger partial charge in [-0.25, -0.2) is 0 Å². The average molecular weight is 429 g/mol. The number of para-hydroxylation sites is 1. The van der Waals surface area contributed by atoms with E-state index in [1.54, 1.807) is 6.08 Å². The van der Waals surface area contributed by atoms with Crippen LogP contribution < -0.4 is 5.32 Å². The number of fused-ring (bicyclic) bond motifs is 2. The number of nitrogens with zero attached hydrogens (tertiary/aromatic N) is 3. The molecule has 0 unspecified atom stereocenters. The van der Waals surface area contributed by atoms with Crippen molar-refractivity contribution >= 4 is 39.2 Å². The van der Waals surface area contributed by atoms with Crippen molar-refractivity contribution in [3.63, 3.8) is 0 Å². The molecule has 3 aromatic rings. The zero-order chi connectivity index (χ0) is 22.0. The highest BCUT2D eigenvalue weighted by Crippen LogP contribution is 2.38. The van der Waals surface area contributed by atoms with E-state index >= 15 is 0 Å². The Bertz CT molecular complexity index is 1270. The molecule has 0 spiro atoms. The largest absolute Gasteiger partial charge is 0.344 e. The summed E-state index contributed by atoms with van der Waals surface area (Å²) in [5.41, 5.74) is 3.57. The fourth-order valence-electron chi connectivity index (χ4n) is 4.15. The normalized spacial score (nSPS) is 14.5. The molecule has 1 N–H and O–H groups in total. The second-order valence-corrected chi connectivity index (χ2v) is 9.02. The Balaban J connectivity index is 1.69. The predicted octanol–water partition coefficient (Wildman–Crippen LogP) is 5.97. The predicted molar refractivity (Wildman–Crippen MR) is 125 cm³/mol. The van der Waals surface area contributed by atoms with Crippen LogP contribution >= 0.6 is 11.3 Å². The van der Waals surface area contributed by atoms with Crippen LogP contribution in [0.5, 0.6) is 0 Å². The summed E-state index contributed by atoms with van der Waals surface area (Å²) in [6.07, 6.45) is 8.63. The van der Waals surface area contributed by atoms with Crippen LogP contribution in [0.1, 0.15) is 60.7 Å². The molecule has 0 radical (unpaired) electrons. The molecule has 4 rings (SSSR count). The number of nitriles is 2. The van der Waals surface area contributed by atoms with E-state index in [0.29, 0.717) is 16.6 Å². The third kappa shape index (κ3) is 3.87. The Labute approximate surface area is 186 Å². The lowest BCUT2D eigenvalue weighted by Crippen LogP contribution is -2.13. The van der Waals surface area contributed by atoms with Gasteiger partial charge in [0.2, 0.25) is 0 Å². The van der Waals surface area contributed by atoms with Gasteiger partial charge < -0.3 is 9.88 Å². The summed E-state index contributed by atoms with van der Waals surface area (Å²) in [5, 5.41) is 23.7. The van der Waals surface area contributed by atoms with Crippen LogP contribution in [0.4, 0.5) is 5.00 Å². The number of anilines is 1. The SMILES string of the molecule is CC[C@@H](C)n1cc(/C=C(\C#N)C(=O)Nc2sc3c(c2C#N)CCCC3)c2ccccc21. The lowest BCUT2D eigenvalue weighted by molar-refractivity contribution is -0.112. The standard InChI is InChI=1S/C25H24N4OS/c1-3-16(2)29-15-18(19-8-4-6-10-22(19)29)12-17(13-26)24(30)28-25-21(14-27)20-9-5-7-11-23(20)31-25/h4,6,8,10,12,15-16H,3,5,7,9,11H2,1-2H3,(H,28,30)/b17-12+/t16-/m1/s1. The number of hydrogen-bond acceptors (Lipinski definition) is 4. The Kier molecular flexibility index (Phi) is 5.93. The van der Waals surface area contributed by atoms with E-state index in [1.165, 1.54) is 16.2 Å². The molecule has 5 nitrogen and oxygen atoms in total. The molecule has 0 fully saturated rings. The van der Waals surface area contributed by atoms with Crippen molar-refractivity contribution < 1.29 is 4.79 Å². The number of hydrogen-bond donors (Lipinski definition) is 1. The second-order valence-electron chi connectivity index (χ2n) is 7.92. The number of carbonyl (C=O) groups excluding carboxylic acids is 1. The summed E-state index contributed by atoms with van der Waals surface area (Å²) >= 11 is 1.47. The number of rotatable bonds is 5. The van der Waals surface area contributed by atoms with Gasteiger partial charge in [0.15, 0.2) is 0 Å². The smallest absolute Gasteiger partial charge is 0.266 e. The lowest BCUT2D eigenvalue weighted by Gasteiger charge is -2.12. The Morgan fingerprint density at radius 2 is 2.06 bits per heavy atom. The van der Waals surface area contributed by atoms with Crippen LogP contribution in [-0.2, 0) is 17.6 Å². The maximum absolute atomic E-state index is 13.0. The van der Waals surface area contributed by atoms with E-state index < -0.39 is 5.91 Å². The van der Waals surface area contributed by atoms with Gasteiger partial charge in [0.25, 0.3) is 5.91 Å². The molecule has 0 bridgehead atoms. The van der Waals surface area contributed by atoms with E-state index in [4.69, 9.17) is 0 Å². The average Bonchev–Trinajstić information content (AvgIpc) is 3.34. The van der Waals surface area contributed by atoms with Gasteiger partial charge >= 0.3 is 0 Å². The number of amides is 1. The molecule has 0 saturated heterocycles. The van der Waals surface area contributed by atoms with Gasteiger partial charge in [0, 0.05) is 33.6 Å². The van der Waals surface area contributed by atoms with E-state index in [2.05, 4.69) is 35.9 Å². The van der Waals surface area contributed by atoms with Gasteiger partial charge in [-0.1, -0.05) is 25.1 Å². The Hall–Kier alpha value is -3.35. The number of aromatic nitrogens is 1. The number of aryl methyl sites for hydroxylation is 1. The van der Waals surface area contributed by atoms with Crippen LogP contribution in [-0.4, -0.2) is 10.5 Å². The second kappa shape index (κ2) is 8.79. The summed E-state index contributed by atoms with van der Waals surface area (Å²) in [5.74, 6) is -0.474. The van der Waals surface area contributed by atoms with Gasteiger partial charge in [-0.2, -0.15) is 10.5 Å². The highest BCUT2D eigenvalue weighted by atomic mass is 32.1. The number of thiophene rings is 1. The first-order chi connectivity index (χ1) is 15.1. The maximum Gasteiger partial charge on any atom is 0.266 e. The number of nitrogens with one attached hydrogen (secondary N) is 1. The van der Waals surface area contributed by atoms with Gasteiger partial charge in [0.05, 0.1) is 5.56 Å². The van der Waals surface area contributed by atoms with Gasteiger partial charge in [0.1, 0.15) is 22.7 Å². The minimum atomic E-state index is -0.474. The molecule has 1 aliphatic carbocycles. The number of carbonyl (C=O) groups is 1. The first-order valence-electron chi connectivity index (χ1n) is 10.6. The zero-order valence-electron chi connectivity index (χ0n) is 17.7. The summed E-state index contributed by atoms with van der Waals surface area (Å²) < 4.78 is 2.19. The van der Waals surface area contributed by atoms with Crippen LogP contribution in [0.3, 0.4) is 0 Å². The molecule has 2 aromatic heterocycles. The fraction of sp³-hybridized carbons (Fsp3) is 0.320. The van der Waals surface area contributed by atoms with Crippen molar-refractivity contribution in [3.8, 4) is 12.1 Å². The van der Waals surface area contributed by atoms with Crippen molar-refractivity contribution in [1.82, 2.24) is 4.57 Å². The minimum absolute atomic E-state index is 0.0299. The first kappa shape index (κ1) is 20.9. The topological polar surface area (TPSA) is 81.6 Å². The summed E-state index contributed by atoms with van der Waals surface area (Å²) in [4.78, 5) is 14.1. The minimum Gasteiger partial charge on any atom is -0.344 e. The lowest BCUT2D eigenvalue weighted by atomic mass is 9.96. The van der Waals surface area contributed by atoms with E-state index in [-0.39, 0.29) is 5.57 Å². The van der Waals surface area contributed by atoms with Crippen LogP contribution in [0.25, 0.3) is 17.0 Å². The fourth-order valence-corrected chi connectivity index (χ4v) is 5.39. The van der Waals surface area contributed by atoms with Crippen LogP contribution in [0, 0.1) is 22.7 Å². The van der Waals surface area contributed by atoms with E-state index in [1.807, 2.05) is 30.5 Å². The van der Waals surface area contributed by atoms with Crippen LogP contribution in [0.2, 0.25) is 0 Å². The van der Waals surface area contributed by atoms with Crippen LogP contribution in [0.15, 0.2) is 36.0 Å². The Morgan fingerprint density at radius 3 is 2.81 bits per heavy atom. The Morgan fingerprint density at radius 1 is 1.29 bits per heavy atom. The molecule has 6 heteroatoms. The molecule has 156 valence electrons. The quantitative estimate of drug-likeness (QED) is 0.401. The molecular weight excluding hydrogens is 404 g/mol. The zero-order valence-corrected chi connectivity index (χ0v) is 18.6. The molecule has 1 aliphatic rings. The third-order valence-electron chi connectivity index (χ3n) is 6.01. The van der Waals surface area contributed by atoms with E-state index in [9.17, 15) is 15.3 Å². The third-order valence-corrected chi connectivity index (χ3v) is 7.22. The molecular formula is C25H24N4OS. The highest BCUT2D eigenvalue weighted by molar-refractivity contribution is 7.16. The van der Waals surface area contributed by atoms with E-state index in [0.717, 1.165) is 54.1 Å². The molecule has 0 saturated carbocycles. The molecule has 1 aromatic carbocycles. The van der Waals surface area contributed by atoms with Crippen molar-refractivity contribution in [1.29, 1.82) is 10.5 Å². The summed E-state index contributed by atoms with van der Waals surface area (Å²) in [7, 11) is 0. The van der Waals surface area contributed by atoms with Gasteiger partial charge in [-0.15, -0.1) is 11.3 Å². The molecule has 31 heavy (non-hydrogen) atoms. The highest BCUT2D eigenvalue weighted by Gasteiger charge is 2.23. The van der Waals surface area contributed by atoms with Gasteiger partial charge in [-0.3, -0.25) is 4.79 Å². The molecule has 2 heterocycles. The molecule has 1 atom stereocenters. The molecule has 1 amide bonds. The monoisotopic (exact) mass is 428 g/mol. The van der Waals surface area contributed by atoms with Crippen molar-refractivity contribution in [2.45, 2.75) is 52.0 Å². The van der Waals surface area contributed by atoms with Crippen molar-refractivity contribution in [3.05, 3.63) is 57.6 Å². The first-order valence-corrected chi connectivity index (χ1v) is 11.5. The maximum atomic E-state index is 13.0. The summed E-state index contributed by atoms with van der Waals surface area (Å²) in [6.45, 7) is 4.29. The van der Waals surface area contributed by atoms with Gasteiger partial charge in [-0.05, 0) is 56.7 Å². The molecule has 0 aliphatic heterocycles. The number of benzene rings is 1. The summed E-state index contributed by atoms with van der Waals surface area (Å²) in [6, 6.07) is 12.6. The van der Waals surface area contributed by atoms with Crippen molar-refractivity contribution in [2.75, 3.05) is 5.32 Å².